The highest BCUT2D eigenvalue weighted by Crippen LogP contribution is 2.35. The van der Waals surface area contributed by atoms with E-state index in [-0.39, 0.29) is 23.7 Å². The van der Waals surface area contributed by atoms with E-state index in [0.717, 1.165) is 32.4 Å². The number of hydrogen-bond acceptors (Lipinski definition) is 3. The van der Waals surface area contributed by atoms with E-state index in [0.29, 0.717) is 12.5 Å². The predicted molar refractivity (Wildman–Crippen MR) is 67.7 cm³/mol. The monoisotopic (exact) mass is 248 g/mol. The molecule has 3 unspecified atom stereocenters. The second-order valence-corrected chi connectivity index (χ2v) is 5.63. The van der Waals surface area contributed by atoms with Crippen molar-refractivity contribution in [1.29, 1.82) is 0 Å². The molecule has 1 N–H and O–H groups in total. The Kier molecular flexibility index (Phi) is 3.20. The number of carbonyl (C=O) groups excluding carboxylic acids is 2. The number of amides is 2. The maximum Gasteiger partial charge on any atom is 0.233 e. The van der Waals surface area contributed by atoms with Crippen LogP contribution < -0.4 is 5.32 Å². The van der Waals surface area contributed by atoms with E-state index in [9.17, 15) is 9.59 Å². The fourth-order valence-electron chi connectivity index (χ4n) is 3.36. The zero-order valence-electron chi connectivity index (χ0n) is 10.6. The molecule has 3 rings (SSSR count). The van der Waals surface area contributed by atoms with Gasteiger partial charge >= 0.3 is 0 Å². The van der Waals surface area contributed by atoms with Crippen LogP contribution in [0.5, 0.6) is 0 Å². The first-order valence-electron chi connectivity index (χ1n) is 6.98. The van der Waals surface area contributed by atoms with E-state index < -0.39 is 0 Å². The molecule has 2 fully saturated rings. The second-order valence-electron chi connectivity index (χ2n) is 5.63. The number of nitrogens with one attached hydrogen (secondary N) is 1. The van der Waals surface area contributed by atoms with E-state index in [4.69, 9.17) is 0 Å². The third kappa shape index (κ3) is 1.99. The van der Waals surface area contributed by atoms with Gasteiger partial charge in [0.05, 0.1) is 11.8 Å². The van der Waals surface area contributed by atoms with Crippen LogP contribution in [0.1, 0.15) is 25.7 Å². The van der Waals surface area contributed by atoms with Crippen molar-refractivity contribution in [3.8, 4) is 0 Å². The summed E-state index contributed by atoms with van der Waals surface area (Å²) in [6.45, 7) is 2.73. The quantitative estimate of drug-likeness (QED) is 0.597. The van der Waals surface area contributed by atoms with E-state index in [1.165, 1.54) is 11.3 Å². The number of fused-ring (bicyclic) bond motifs is 1. The Bertz CT molecular complexity index is 359. The Morgan fingerprint density at radius 2 is 1.83 bits per heavy atom. The van der Waals surface area contributed by atoms with Gasteiger partial charge in [0.25, 0.3) is 0 Å². The summed E-state index contributed by atoms with van der Waals surface area (Å²) < 4.78 is 0. The van der Waals surface area contributed by atoms with Crippen LogP contribution in [0.15, 0.2) is 12.2 Å². The van der Waals surface area contributed by atoms with Gasteiger partial charge in [-0.3, -0.25) is 14.5 Å². The molecule has 4 heteroatoms. The van der Waals surface area contributed by atoms with Crippen LogP contribution in [0.25, 0.3) is 0 Å². The Labute approximate surface area is 107 Å². The zero-order chi connectivity index (χ0) is 12.5. The molecule has 18 heavy (non-hydrogen) atoms. The second kappa shape index (κ2) is 4.84. The SMILES string of the molecule is O=C1C2CC=CCC2C(=O)N1CCC1CCNC1. The number of nitrogens with zero attached hydrogens (tertiary/aromatic N) is 1. The van der Waals surface area contributed by atoms with Crippen molar-refractivity contribution in [2.45, 2.75) is 25.7 Å². The minimum absolute atomic E-state index is 0.0656. The van der Waals surface area contributed by atoms with Gasteiger partial charge in [-0.25, -0.2) is 0 Å². The topological polar surface area (TPSA) is 49.4 Å². The van der Waals surface area contributed by atoms with Crippen molar-refractivity contribution in [2.24, 2.45) is 17.8 Å². The van der Waals surface area contributed by atoms with Crippen molar-refractivity contribution in [2.75, 3.05) is 19.6 Å². The summed E-state index contributed by atoms with van der Waals surface area (Å²) in [7, 11) is 0. The number of hydrogen-bond donors (Lipinski definition) is 1. The summed E-state index contributed by atoms with van der Waals surface area (Å²) in [6, 6.07) is 0. The molecule has 4 nitrogen and oxygen atoms in total. The van der Waals surface area contributed by atoms with Crippen molar-refractivity contribution < 1.29 is 9.59 Å². The first-order chi connectivity index (χ1) is 8.77. The Morgan fingerprint density at radius 1 is 1.17 bits per heavy atom. The summed E-state index contributed by atoms with van der Waals surface area (Å²) in [4.78, 5) is 25.9. The molecule has 2 saturated heterocycles. The van der Waals surface area contributed by atoms with Gasteiger partial charge in [-0.05, 0) is 44.7 Å². The van der Waals surface area contributed by atoms with Gasteiger partial charge in [0.15, 0.2) is 0 Å². The van der Waals surface area contributed by atoms with Crippen molar-refractivity contribution in [1.82, 2.24) is 10.2 Å². The summed E-state index contributed by atoms with van der Waals surface area (Å²) in [6.07, 6.45) is 7.70. The lowest BCUT2D eigenvalue weighted by molar-refractivity contribution is -0.140. The van der Waals surface area contributed by atoms with Crippen molar-refractivity contribution in [3.63, 3.8) is 0 Å². The number of likely N-dealkylation sites (tertiary alicyclic amines) is 1. The maximum atomic E-state index is 12.2. The Morgan fingerprint density at radius 3 is 2.39 bits per heavy atom. The highest BCUT2D eigenvalue weighted by Gasteiger charge is 2.46. The molecule has 0 aromatic rings. The molecule has 98 valence electrons. The number of allylic oxidation sites excluding steroid dienone is 2. The van der Waals surface area contributed by atoms with Crippen LogP contribution in [-0.2, 0) is 9.59 Å². The normalized spacial score (nSPS) is 35.3. The van der Waals surface area contributed by atoms with Crippen LogP contribution in [0, 0.1) is 17.8 Å². The van der Waals surface area contributed by atoms with Gasteiger partial charge in [-0.15, -0.1) is 0 Å². The molecule has 1 aliphatic carbocycles. The highest BCUT2D eigenvalue weighted by atomic mass is 16.2. The van der Waals surface area contributed by atoms with Gasteiger partial charge in [0, 0.05) is 6.54 Å². The molecular formula is C14H20N2O2. The van der Waals surface area contributed by atoms with Crippen LogP contribution in [0.3, 0.4) is 0 Å². The fraction of sp³-hybridized carbons (Fsp3) is 0.714. The van der Waals surface area contributed by atoms with Crippen LogP contribution in [0.4, 0.5) is 0 Å². The van der Waals surface area contributed by atoms with E-state index >= 15 is 0 Å². The summed E-state index contributed by atoms with van der Waals surface area (Å²) in [5.74, 6) is 0.639. The Balaban J connectivity index is 1.62. The zero-order valence-corrected chi connectivity index (χ0v) is 10.6. The van der Waals surface area contributed by atoms with Crippen molar-refractivity contribution >= 4 is 11.8 Å². The molecule has 0 saturated carbocycles. The lowest BCUT2D eigenvalue weighted by Gasteiger charge is -2.16. The van der Waals surface area contributed by atoms with E-state index in [1.807, 2.05) is 12.2 Å². The van der Waals surface area contributed by atoms with Gasteiger partial charge in [0.2, 0.25) is 11.8 Å². The van der Waals surface area contributed by atoms with Gasteiger partial charge < -0.3 is 5.32 Å². The van der Waals surface area contributed by atoms with E-state index in [2.05, 4.69) is 5.32 Å². The minimum atomic E-state index is -0.0656. The third-order valence-electron chi connectivity index (χ3n) is 4.52. The molecule has 3 atom stereocenters. The largest absolute Gasteiger partial charge is 0.316 e. The third-order valence-corrected chi connectivity index (χ3v) is 4.52. The molecule has 3 aliphatic rings. The Hall–Kier alpha value is -1.16. The van der Waals surface area contributed by atoms with Crippen LogP contribution >= 0.6 is 0 Å². The van der Waals surface area contributed by atoms with Crippen LogP contribution in [0.2, 0.25) is 0 Å². The molecule has 0 aromatic carbocycles. The minimum Gasteiger partial charge on any atom is -0.316 e. The van der Waals surface area contributed by atoms with Gasteiger partial charge in [0.1, 0.15) is 0 Å². The lowest BCUT2D eigenvalue weighted by atomic mass is 9.85. The van der Waals surface area contributed by atoms with Crippen molar-refractivity contribution in [3.05, 3.63) is 12.2 Å². The van der Waals surface area contributed by atoms with Gasteiger partial charge in [-0.1, -0.05) is 12.2 Å². The molecule has 2 amide bonds. The number of rotatable bonds is 3. The maximum absolute atomic E-state index is 12.2. The number of carbonyl (C=O) groups is 2. The molecule has 0 radical (unpaired) electrons. The average Bonchev–Trinajstić information content (AvgIpc) is 2.98. The molecule has 0 aromatic heterocycles. The summed E-state index contributed by atoms with van der Waals surface area (Å²) in [5, 5.41) is 3.32. The summed E-state index contributed by atoms with van der Waals surface area (Å²) >= 11 is 0. The average molecular weight is 248 g/mol. The predicted octanol–water partition coefficient (Wildman–Crippen LogP) is 0.937. The smallest absolute Gasteiger partial charge is 0.233 e. The van der Waals surface area contributed by atoms with Gasteiger partial charge in [-0.2, -0.15) is 0 Å². The molecular weight excluding hydrogens is 228 g/mol. The summed E-state index contributed by atoms with van der Waals surface area (Å²) in [5.41, 5.74) is 0. The first kappa shape index (κ1) is 11.9. The molecule has 0 spiro atoms. The molecule has 2 aliphatic heterocycles. The standard InChI is InChI=1S/C14H20N2O2/c17-13-11-3-1-2-4-12(11)14(18)16(13)8-6-10-5-7-15-9-10/h1-2,10-12,15H,3-9H2. The molecule has 0 bridgehead atoms. The lowest BCUT2D eigenvalue weighted by Crippen LogP contribution is -2.33. The van der Waals surface area contributed by atoms with E-state index in [1.54, 1.807) is 0 Å². The van der Waals surface area contributed by atoms with Crippen LogP contribution in [-0.4, -0.2) is 36.3 Å². The molecule has 2 heterocycles. The first-order valence-corrected chi connectivity index (χ1v) is 6.98. The fourth-order valence-corrected chi connectivity index (χ4v) is 3.36. The highest BCUT2D eigenvalue weighted by molar-refractivity contribution is 6.05. The number of imide groups is 1.